The van der Waals surface area contributed by atoms with Crippen LogP contribution in [0.3, 0.4) is 0 Å². The number of nitrogens with two attached hydrogens (primary N) is 1. The van der Waals surface area contributed by atoms with Gasteiger partial charge in [0.1, 0.15) is 11.4 Å². The number of rotatable bonds is 7. The number of amides is 2. The highest BCUT2D eigenvalue weighted by Gasteiger charge is 2.31. The molecule has 0 radical (unpaired) electrons. The molecule has 47 heavy (non-hydrogen) atoms. The van der Waals surface area contributed by atoms with E-state index in [2.05, 4.69) is 14.9 Å². The Balaban J connectivity index is 0.00000250. The van der Waals surface area contributed by atoms with Gasteiger partial charge < -0.3 is 19.9 Å². The van der Waals surface area contributed by atoms with Crippen LogP contribution in [0.1, 0.15) is 32.0 Å². The van der Waals surface area contributed by atoms with Gasteiger partial charge in [-0.25, -0.2) is 4.98 Å². The number of primary amides is 1. The van der Waals surface area contributed by atoms with Gasteiger partial charge in [-0.3, -0.25) is 19.5 Å². The van der Waals surface area contributed by atoms with Crippen LogP contribution in [-0.4, -0.2) is 62.3 Å². The van der Waals surface area contributed by atoms with E-state index in [-0.39, 0.29) is 62.4 Å². The number of alkyl halides is 3. The summed E-state index contributed by atoms with van der Waals surface area (Å²) in [4.78, 5) is 37.9. The fourth-order valence-electron chi connectivity index (χ4n) is 5.51. The Bertz CT molecular complexity index is 1880. The quantitative estimate of drug-likeness (QED) is 0.198. The highest BCUT2D eigenvalue weighted by Crippen LogP contribution is 2.35. The first kappa shape index (κ1) is 35.6. The summed E-state index contributed by atoms with van der Waals surface area (Å²) in [6.07, 6.45) is 0.351. The summed E-state index contributed by atoms with van der Waals surface area (Å²) in [5.74, 6) is -0.231. The van der Waals surface area contributed by atoms with E-state index in [9.17, 15) is 22.8 Å². The number of ether oxygens (including phenoxy) is 1. The van der Waals surface area contributed by atoms with Crippen molar-refractivity contribution in [2.24, 2.45) is 12.8 Å². The third-order valence-electron chi connectivity index (χ3n) is 7.90. The van der Waals surface area contributed by atoms with Gasteiger partial charge in [0, 0.05) is 86.5 Å². The average molecular weight is 776 g/mol. The van der Waals surface area contributed by atoms with Crippen molar-refractivity contribution in [3.05, 3.63) is 108 Å². The molecule has 0 spiro atoms. The van der Waals surface area contributed by atoms with E-state index in [0.717, 1.165) is 54.3 Å². The number of carbonyl (C=O) groups is 2. The minimum Gasteiger partial charge on any atom is -0.439 e. The summed E-state index contributed by atoms with van der Waals surface area (Å²) in [5.41, 5.74) is 7.31. The van der Waals surface area contributed by atoms with E-state index in [4.69, 9.17) is 10.5 Å². The van der Waals surface area contributed by atoms with Gasteiger partial charge in [-0.1, -0.05) is 6.07 Å². The number of piperazine rings is 1. The second-order valence-corrected chi connectivity index (χ2v) is 10.8. The number of halogens is 5. The van der Waals surface area contributed by atoms with E-state index in [1.165, 1.54) is 18.3 Å². The number of nitrogens with zero attached hydrogens (tertiary/aromatic N) is 5. The largest absolute Gasteiger partial charge is 0.439 e. The van der Waals surface area contributed by atoms with E-state index < -0.39 is 17.6 Å². The van der Waals surface area contributed by atoms with E-state index in [1.54, 1.807) is 18.3 Å². The Morgan fingerprint density at radius 3 is 2.34 bits per heavy atom. The molecule has 1 aliphatic heterocycles. The lowest BCUT2D eigenvalue weighted by molar-refractivity contribution is -0.137. The van der Waals surface area contributed by atoms with Crippen LogP contribution < -0.4 is 10.5 Å². The van der Waals surface area contributed by atoms with E-state index in [1.807, 2.05) is 47.0 Å². The maximum Gasteiger partial charge on any atom is 0.416 e. The summed E-state index contributed by atoms with van der Waals surface area (Å²) in [6, 6.07) is 17.0. The SMILES string of the molecule is Br.Br.Cn1c(C(=O)N2CCN(Cc3cccnc3)CC2)cc2cc(Oc3ccc(-c4cc(C(F)(F)F)ccc4C(N)=O)cn3)ccc21. The molecule has 2 N–H and O–H groups in total. The molecule has 0 saturated carbocycles. The number of fused-ring (bicyclic) bond motifs is 1. The molecule has 6 rings (SSSR count). The van der Waals surface area contributed by atoms with Gasteiger partial charge in [0.25, 0.3) is 5.91 Å². The minimum atomic E-state index is -4.59. The van der Waals surface area contributed by atoms with Crippen LogP contribution in [0.25, 0.3) is 22.0 Å². The molecule has 1 saturated heterocycles. The fraction of sp³-hybridized carbons (Fsp3) is 0.212. The number of aromatic nitrogens is 3. The molecule has 1 aliphatic rings. The standard InChI is InChI=1S/C33H29F3N6O3.2BrH/c1-40-28-8-6-25(45-30-9-4-22(19-39-30)27-17-24(33(34,35)36)5-7-26(27)31(37)43)15-23(28)16-29(40)32(44)42-13-11-41(12-14-42)20-21-3-2-10-38-18-21;;/h2-10,15-19H,11-14,20H2,1H3,(H2,37,43);2*1H. The summed E-state index contributed by atoms with van der Waals surface area (Å²) < 4.78 is 47.7. The molecule has 3 aromatic heterocycles. The van der Waals surface area contributed by atoms with Crippen LogP contribution in [0.2, 0.25) is 0 Å². The fourth-order valence-corrected chi connectivity index (χ4v) is 5.51. The topological polar surface area (TPSA) is 107 Å². The van der Waals surface area contributed by atoms with E-state index >= 15 is 0 Å². The zero-order chi connectivity index (χ0) is 31.7. The Labute approximate surface area is 289 Å². The molecule has 0 bridgehead atoms. The lowest BCUT2D eigenvalue weighted by atomic mass is 9.98. The van der Waals surface area contributed by atoms with E-state index in [0.29, 0.717) is 24.5 Å². The third kappa shape index (κ3) is 7.83. The van der Waals surface area contributed by atoms with Gasteiger partial charge in [0.15, 0.2) is 0 Å². The van der Waals surface area contributed by atoms with Crippen molar-refractivity contribution >= 4 is 56.7 Å². The molecule has 246 valence electrons. The van der Waals surface area contributed by atoms with Crippen molar-refractivity contribution < 1.29 is 27.5 Å². The number of benzene rings is 2. The first-order valence-corrected chi connectivity index (χ1v) is 14.2. The van der Waals surface area contributed by atoms with Crippen LogP contribution in [0.5, 0.6) is 11.6 Å². The maximum absolute atomic E-state index is 13.5. The molecule has 9 nitrogen and oxygen atoms in total. The number of hydrogen-bond acceptors (Lipinski definition) is 6. The number of pyridine rings is 2. The van der Waals surface area contributed by atoms with Gasteiger partial charge >= 0.3 is 6.18 Å². The zero-order valence-corrected chi connectivity index (χ0v) is 28.5. The second-order valence-electron chi connectivity index (χ2n) is 10.8. The predicted octanol–water partition coefficient (Wildman–Crippen LogP) is 6.66. The normalized spacial score (nSPS) is 13.5. The molecule has 0 aliphatic carbocycles. The summed E-state index contributed by atoms with van der Waals surface area (Å²) in [7, 11) is 1.85. The van der Waals surface area contributed by atoms with Crippen molar-refractivity contribution in [1.29, 1.82) is 0 Å². The lowest BCUT2D eigenvalue weighted by Crippen LogP contribution is -2.48. The first-order valence-electron chi connectivity index (χ1n) is 14.2. The number of hydrogen-bond donors (Lipinski definition) is 1. The lowest BCUT2D eigenvalue weighted by Gasteiger charge is -2.34. The Morgan fingerprint density at radius 1 is 0.936 bits per heavy atom. The van der Waals surface area contributed by atoms with Crippen molar-refractivity contribution in [1.82, 2.24) is 24.3 Å². The smallest absolute Gasteiger partial charge is 0.416 e. The van der Waals surface area contributed by atoms with Crippen LogP contribution >= 0.6 is 34.0 Å². The molecule has 4 heterocycles. The van der Waals surface area contributed by atoms with Gasteiger partial charge in [0.05, 0.1) is 5.56 Å². The number of aryl methyl sites for hydroxylation is 1. The average Bonchev–Trinajstić information content (AvgIpc) is 3.36. The van der Waals surface area contributed by atoms with Crippen molar-refractivity contribution in [3.63, 3.8) is 0 Å². The van der Waals surface area contributed by atoms with Gasteiger partial charge in [-0.15, -0.1) is 34.0 Å². The monoisotopic (exact) mass is 774 g/mol. The minimum absolute atomic E-state index is 0. The van der Waals surface area contributed by atoms with Crippen LogP contribution in [0.15, 0.2) is 85.3 Å². The maximum atomic E-state index is 13.5. The third-order valence-corrected chi connectivity index (χ3v) is 7.90. The van der Waals surface area contributed by atoms with Gasteiger partial charge in [-0.05, 0) is 65.7 Å². The van der Waals surface area contributed by atoms with Crippen molar-refractivity contribution in [3.8, 4) is 22.8 Å². The van der Waals surface area contributed by atoms with Crippen molar-refractivity contribution in [2.45, 2.75) is 12.7 Å². The van der Waals surface area contributed by atoms with Crippen molar-refractivity contribution in [2.75, 3.05) is 26.2 Å². The van der Waals surface area contributed by atoms with Gasteiger partial charge in [-0.2, -0.15) is 13.2 Å². The summed E-state index contributed by atoms with van der Waals surface area (Å²) in [6.45, 7) is 3.58. The molecular formula is C33H31Br2F3N6O3. The Morgan fingerprint density at radius 2 is 1.70 bits per heavy atom. The second kappa shape index (κ2) is 14.7. The Kier molecular flexibility index (Phi) is 11.1. The molecule has 0 atom stereocenters. The molecular weight excluding hydrogens is 745 g/mol. The van der Waals surface area contributed by atoms with Crippen LogP contribution in [-0.2, 0) is 19.8 Å². The zero-order valence-electron chi connectivity index (χ0n) is 25.1. The number of carbonyl (C=O) groups excluding carboxylic acids is 2. The highest BCUT2D eigenvalue weighted by atomic mass is 79.9. The molecule has 2 aromatic carbocycles. The predicted molar refractivity (Wildman–Crippen MR) is 182 cm³/mol. The van der Waals surface area contributed by atoms with Crippen LogP contribution in [0, 0.1) is 0 Å². The first-order chi connectivity index (χ1) is 21.6. The molecule has 1 fully saturated rings. The molecule has 5 aromatic rings. The van der Waals surface area contributed by atoms with Crippen LogP contribution in [0.4, 0.5) is 13.2 Å². The highest BCUT2D eigenvalue weighted by molar-refractivity contribution is 8.93. The molecule has 14 heteroatoms. The van der Waals surface area contributed by atoms with Gasteiger partial charge in [0.2, 0.25) is 11.8 Å². The Hall–Kier alpha value is -4.27. The molecule has 2 amide bonds. The summed E-state index contributed by atoms with van der Waals surface area (Å²) >= 11 is 0. The summed E-state index contributed by atoms with van der Waals surface area (Å²) in [5, 5.41) is 0.806. The molecule has 0 unspecified atom stereocenters.